The summed E-state index contributed by atoms with van der Waals surface area (Å²) in [5, 5.41) is 6.16. The number of benzene rings is 4. The molecule has 0 atom stereocenters. The average molecular weight is 645 g/mol. The summed E-state index contributed by atoms with van der Waals surface area (Å²) in [7, 11) is 0. The largest absolute Gasteiger partial charge is 0.367 e. The molecule has 0 aliphatic carbocycles. The van der Waals surface area contributed by atoms with Gasteiger partial charge in [0.25, 0.3) is 0 Å². The van der Waals surface area contributed by atoms with E-state index in [1.165, 1.54) is 0 Å². The fraction of sp³-hybridized carbons (Fsp3) is 0.188. The van der Waals surface area contributed by atoms with Gasteiger partial charge in [-0.05, 0) is 48.5 Å². The minimum Gasteiger partial charge on any atom is -0.367 e. The van der Waals surface area contributed by atoms with Crippen LogP contribution >= 0.6 is 23.8 Å². The van der Waals surface area contributed by atoms with Crippen LogP contribution in [0.15, 0.2) is 78.9 Å². The molecule has 5 rings (SSSR count). The van der Waals surface area contributed by atoms with Crippen LogP contribution in [0.1, 0.15) is 18.1 Å². The Morgan fingerprint density at radius 2 is 1.23 bits per heavy atom. The zero-order chi connectivity index (χ0) is 31.6. The molecule has 228 valence electrons. The smallest absolute Gasteiger partial charge is 0.240 e. The number of hydrogen-bond acceptors (Lipinski definition) is 4. The van der Waals surface area contributed by atoms with Gasteiger partial charge in [-0.2, -0.15) is 0 Å². The molecule has 0 saturated carbocycles. The molecule has 1 aliphatic rings. The van der Waals surface area contributed by atoms with Gasteiger partial charge in [0.1, 0.15) is 5.69 Å². The molecule has 12 heteroatoms. The number of nitrogens with zero attached hydrogens (tertiary/aromatic N) is 2. The fourth-order valence-electron chi connectivity index (χ4n) is 5.25. The molecule has 0 radical (unpaired) electrons. The standard InChI is InChI=1S/C32H26ClF5N4OS/c1-32(19-8-4-2-5-9-19,20-10-6-3-7-11-20)30(43)40-31(44)39-21-12-13-23(22(33)18-21)41-14-16-42(17-15-41)29-27(37)25(35)24(34)26(36)28(29)38/h2-13,18H,14-17H2,1H3,(H2,39,40,43,44). The Morgan fingerprint density at radius 1 is 0.750 bits per heavy atom. The Labute approximate surface area is 261 Å². The molecule has 5 nitrogen and oxygen atoms in total. The topological polar surface area (TPSA) is 47.6 Å². The maximum atomic E-state index is 14.3. The third kappa shape index (κ3) is 5.94. The number of carbonyl (C=O) groups is 1. The SMILES string of the molecule is CC(C(=O)NC(=S)Nc1ccc(N2CCN(c3c(F)c(F)c(F)c(F)c3F)CC2)c(Cl)c1)(c1ccccc1)c1ccccc1. The predicted octanol–water partition coefficient (Wildman–Crippen LogP) is 7.18. The maximum Gasteiger partial charge on any atom is 0.240 e. The Bertz CT molecular complexity index is 1630. The second-order valence-corrected chi connectivity index (χ2v) is 11.1. The number of hydrogen-bond donors (Lipinski definition) is 2. The first-order valence-electron chi connectivity index (χ1n) is 13.6. The van der Waals surface area contributed by atoms with E-state index in [1.807, 2.05) is 72.5 Å². The van der Waals surface area contributed by atoms with Crippen molar-refractivity contribution in [2.75, 3.05) is 41.3 Å². The van der Waals surface area contributed by atoms with E-state index in [1.54, 1.807) is 18.2 Å². The number of carbonyl (C=O) groups excluding carboxylic acids is 1. The van der Waals surface area contributed by atoms with Gasteiger partial charge in [0.15, 0.2) is 28.4 Å². The highest BCUT2D eigenvalue weighted by Gasteiger charge is 2.37. The van der Waals surface area contributed by atoms with E-state index in [4.69, 9.17) is 23.8 Å². The lowest BCUT2D eigenvalue weighted by Crippen LogP contribution is -2.47. The second-order valence-electron chi connectivity index (χ2n) is 10.3. The molecular weight excluding hydrogens is 619 g/mol. The van der Waals surface area contributed by atoms with Crippen LogP contribution in [-0.4, -0.2) is 37.2 Å². The molecule has 44 heavy (non-hydrogen) atoms. The number of rotatable bonds is 6. The summed E-state index contributed by atoms with van der Waals surface area (Å²) in [5.41, 5.74) is 0.709. The third-order valence-electron chi connectivity index (χ3n) is 7.71. The summed E-state index contributed by atoms with van der Waals surface area (Å²) in [6.07, 6.45) is 0. The molecule has 1 amide bonds. The summed E-state index contributed by atoms with van der Waals surface area (Å²) in [6.45, 7) is 2.22. The van der Waals surface area contributed by atoms with Gasteiger partial charge in [0.2, 0.25) is 11.7 Å². The molecular formula is C32H26ClF5N4OS. The molecule has 1 aliphatic heterocycles. The van der Waals surface area contributed by atoms with E-state index in [0.717, 1.165) is 16.0 Å². The van der Waals surface area contributed by atoms with Crippen molar-refractivity contribution in [1.82, 2.24) is 5.32 Å². The van der Waals surface area contributed by atoms with Crippen molar-refractivity contribution < 1.29 is 26.7 Å². The van der Waals surface area contributed by atoms with Crippen LogP contribution in [0.4, 0.5) is 39.0 Å². The molecule has 0 unspecified atom stereocenters. The lowest BCUT2D eigenvalue weighted by Gasteiger charge is -2.38. The normalized spacial score (nSPS) is 13.5. The molecule has 1 fully saturated rings. The average Bonchev–Trinajstić information content (AvgIpc) is 3.04. The van der Waals surface area contributed by atoms with Crippen molar-refractivity contribution >= 4 is 51.9 Å². The van der Waals surface area contributed by atoms with Gasteiger partial charge in [-0.15, -0.1) is 0 Å². The van der Waals surface area contributed by atoms with E-state index in [-0.39, 0.29) is 37.2 Å². The van der Waals surface area contributed by atoms with Crippen LogP contribution in [0.5, 0.6) is 0 Å². The molecule has 1 saturated heterocycles. The van der Waals surface area contributed by atoms with Crippen molar-refractivity contribution in [3.05, 3.63) is 124 Å². The summed E-state index contributed by atoms with van der Waals surface area (Å²) in [5.74, 6) is -10.2. The van der Waals surface area contributed by atoms with E-state index >= 15 is 0 Å². The van der Waals surface area contributed by atoms with E-state index in [2.05, 4.69) is 10.6 Å². The second kappa shape index (κ2) is 12.8. The predicted molar refractivity (Wildman–Crippen MR) is 166 cm³/mol. The number of piperazine rings is 1. The Kier molecular flexibility index (Phi) is 9.07. The molecule has 0 aromatic heterocycles. The maximum absolute atomic E-state index is 14.3. The first-order chi connectivity index (χ1) is 21.0. The van der Waals surface area contributed by atoms with Crippen molar-refractivity contribution in [3.8, 4) is 0 Å². The zero-order valence-corrected chi connectivity index (χ0v) is 24.9. The van der Waals surface area contributed by atoms with Crippen LogP contribution in [0.3, 0.4) is 0 Å². The molecule has 1 heterocycles. The van der Waals surface area contributed by atoms with Crippen LogP contribution in [0.2, 0.25) is 5.02 Å². The molecule has 0 bridgehead atoms. The van der Waals surface area contributed by atoms with Crippen LogP contribution in [0, 0.1) is 29.1 Å². The third-order valence-corrected chi connectivity index (χ3v) is 8.22. The van der Waals surface area contributed by atoms with Gasteiger partial charge in [-0.1, -0.05) is 72.3 Å². The first kappa shape index (κ1) is 31.2. The number of anilines is 3. The minimum absolute atomic E-state index is 0.00754. The van der Waals surface area contributed by atoms with Gasteiger partial charge in [0.05, 0.1) is 16.1 Å². The van der Waals surface area contributed by atoms with Crippen LogP contribution < -0.4 is 20.4 Å². The van der Waals surface area contributed by atoms with E-state index < -0.39 is 40.2 Å². The van der Waals surface area contributed by atoms with Crippen molar-refractivity contribution in [2.45, 2.75) is 12.3 Å². The quantitative estimate of drug-likeness (QED) is 0.101. The van der Waals surface area contributed by atoms with Gasteiger partial charge in [0, 0.05) is 31.9 Å². The van der Waals surface area contributed by atoms with Gasteiger partial charge >= 0.3 is 0 Å². The van der Waals surface area contributed by atoms with Crippen LogP contribution in [-0.2, 0) is 10.2 Å². The fourth-order valence-corrected chi connectivity index (χ4v) is 5.76. The Balaban J connectivity index is 1.25. The monoisotopic (exact) mass is 644 g/mol. The zero-order valence-electron chi connectivity index (χ0n) is 23.3. The number of thiocarbonyl (C=S) groups is 1. The highest BCUT2D eigenvalue weighted by molar-refractivity contribution is 7.80. The lowest BCUT2D eigenvalue weighted by atomic mass is 9.75. The van der Waals surface area contributed by atoms with Crippen LogP contribution in [0.25, 0.3) is 0 Å². The number of amides is 1. The lowest BCUT2D eigenvalue weighted by molar-refractivity contribution is -0.123. The Hall–Kier alpha value is -4.22. The van der Waals surface area contributed by atoms with E-state index in [0.29, 0.717) is 16.4 Å². The Morgan fingerprint density at radius 3 is 1.73 bits per heavy atom. The van der Waals surface area contributed by atoms with Crippen molar-refractivity contribution in [2.24, 2.45) is 0 Å². The first-order valence-corrected chi connectivity index (χ1v) is 14.3. The van der Waals surface area contributed by atoms with Gasteiger partial charge in [-0.25, -0.2) is 22.0 Å². The molecule has 2 N–H and O–H groups in total. The van der Waals surface area contributed by atoms with Crippen molar-refractivity contribution in [3.63, 3.8) is 0 Å². The number of halogens is 6. The molecule has 0 spiro atoms. The van der Waals surface area contributed by atoms with Gasteiger partial charge in [-0.3, -0.25) is 4.79 Å². The number of nitrogens with one attached hydrogen (secondary N) is 2. The minimum atomic E-state index is -2.19. The highest BCUT2D eigenvalue weighted by atomic mass is 35.5. The highest BCUT2D eigenvalue weighted by Crippen LogP contribution is 2.35. The molecule has 4 aromatic carbocycles. The van der Waals surface area contributed by atoms with E-state index in [9.17, 15) is 26.7 Å². The summed E-state index contributed by atoms with van der Waals surface area (Å²) >= 11 is 12.0. The molecule has 4 aromatic rings. The summed E-state index contributed by atoms with van der Waals surface area (Å²) < 4.78 is 69.5. The van der Waals surface area contributed by atoms with Gasteiger partial charge < -0.3 is 20.4 Å². The van der Waals surface area contributed by atoms with Crippen molar-refractivity contribution in [1.29, 1.82) is 0 Å². The summed E-state index contributed by atoms with van der Waals surface area (Å²) in [6, 6.07) is 23.7. The summed E-state index contributed by atoms with van der Waals surface area (Å²) in [4.78, 5) is 16.6.